The number of fused-ring (bicyclic) bond motifs is 1. The van der Waals surface area contributed by atoms with Gasteiger partial charge in [0.25, 0.3) is 11.5 Å². The Kier molecular flexibility index (Phi) is 4.71. The largest absolute Gasteiger partial charge is 0.419 e. The number of hydrogen-bond acceptors (Lipinski definition) is 3. The number of amides is 1. The van der Waals surface area contributed by atoms with Gasteiger partial charge in [-0.1, -0.05) is 12.1 Å². The SMILES string of the molecule is Cc1ccc(-c2nn3cc(C(=O)N[C@@H](C)C4CC4)c(C(F)(F)F)c3c(=O)[nH]2)cc1C. The van der Waals surface area contributed by atoms with Crippen LogP contribution in [-0.4, -0.2) is 26.5 Å². The molecule has 6 nitrogen and oxygen atoms in total. The highest BCUT2D eigenvalue weighted by Gasteiger charge is 2.41. The van der Waals surface area contributed by atoms with Crippen LogP contribution in [-0.2, 0) is 6.18 Å². The highest BCUT2D eigenvalue weighted by Crippen LogP contribution is 2.36. The maximum Gasteiger partial charge on any atom is 0.419 e. The topological polar surface area (TPSA) is 79.3 Å². The van der Waals surface area contributed by atoms with Gasteiger partial charge in [0.1, 0.15) is 11.1 Å². The first-order chi connectivity index (χ1) is 14.1. The first-order valence-corrected chi connectivity index (χ1v) is 9.67. The second-order valence-electron chi connectivity index (χ2n) is 7.91. The molecule has 0 bridgehead atoms. The zero-order valence-electron chi connectivity index (χ0n) is 16.7. The molecule has 2 heterocycles. The van der Waals surface area contributed by atoms with Crippen LogP contribution in [0.1, 0.15) is 46.8 Å². The number of aryl methyl sites for hydroxylation is 2. The summed E-state index contributed by atoms with van der Waals surface area (Å²) in [5.41, 5.74) is -0.986. The molecule has 0 aliphatic heterocycles. The molecule has 2 N–H and O–H groups in total. The number of rotatable bonds is 4. The molecule has 1 amide bonds. The van der Waals surface area contributed by atoms with E-state index >= 15 is 0 Å². The molecule has 0 saturated heterocycles. The Balaban J connectivity index is 1.86. The molecule has 4 rings (SSSR count). The number of halogens is 3. The van der Waals surface area contributed by atoms with Crippen molar-refractivity contribution in [1.29, 1.82) is 0 Å². The number of aromatic nitrogens is 3. The molecule has 158 valence electrons. The molecule has 1 fully saturated rings. The summed E-state index contributed by atoms with van der Waals surface area (Å²) in [5, 5.41) is 6.78. The van der Waals surface area contributed by atoms with Crippen molar-refractivity contribution in [2.75, 3.05) is 0 Å². The van der Waals surface area contributed by atoms with Crippen LogP contribution in [0.25, 0.3) is 16.9 Å². The summed E-state index contributed by atoms with van der Waals surface area (Å²) in [7, 11) is 0. The molecule has 0 radical (unpaired) electrons. The average molecular weight is 418 g/mol. The van der Waals surface area contributed by atoms with Gasteiger partial charge in [0, 0.05) is 17.8 Å². The summed E-state index contributed by atoms with van der Waals surface area (Å²) in [6.07, 6.45) is -2.04. The Morgan fingerprint density at radius 3 is 2.57 bits per heavy atom. The minimum atomic E-state index is -4.89. The Bertz CT molecular complexity index is 1210. The Labute approximate surface area is 170 Å². The van der Waals surface area contributed by atoms with Gasteiger partial charge in [0.05, 0.1) is 5.56 Å². The summed E-state index contributed by atoms with van der Waals surface area (Å²) >= 11 is 0. The van der Waals surface area contributed by atoms with Crippen molar-refractivity contribution in [2.24, 2.45) is 5.92 Å². The van der Waals surface area contributed by atoms with Crippen molar-refractivity contribution in [2.45, 2.75) is 45.8 Å². The zero-order valence-corrected chi connectivity index (χ0v) is 16.7. The van der Waals surface area contributed by atoms with Crippen molar-refractivity contribution >= 4 is 11.4 Å². The molecule has 30 heavy (non-hydrogen) atoms. The fourth-order valence-corrected chi connectivity index (χ4v) is 3.57. The molecule has 1 aliphatic carbocycles. The van der Waals surface area contributed by atoms with Crippen LogP contribution in [0.4, 0.5) is 13.2 Å². The van der Waals surface area contributed by atoms with Crippen LogP contribution in [0, 0.1) is 19.8 Å². The molecule has 0 spiro atoms. The monoisotopic (exact) mass is 418 g/mol. The number of hydrogen-bond donors (Lipinski definition) is 2. The van der Waals surface area contributed by atoms with Gasteiger partial charge in [0.2, 0.25) is 0 Å². The minimum Gasteiger partial charge on any atom is -0.349 e. The first-order valence-electron chi connectivity index (χ1n) is 9.67. The van der Waals surface area contributed by atoms with Gasteiger partial charge in [-0.25, -0.2) is 4.52 Å². The Morgan fingerprint density at radius 1 is 1.27 bits per heavy atom. The van der Waals surface area contributed by atoms with Gasteiger partial charge < -0.3 is 10.3 Å². The summed E-state index contributed by atoms with van der Waals surface area (Å²) in [4.78, 5) is 27.7. The van der Waals surface area contributed by atoms with Crippen molar-refractivity contribution in [3.8, 4) is 11.4 Å². The molecule has 1 aromatic carbocycles. The van der Waals surface area contributed by atoms with E-state index in [1.54, 1.807) is 19.1 Å². The standard InChI is InChI=1S/C21H21F3N4O2/c1-10-4-5-14(8-11(10)2)18-26-20(30)17-16(21(22,23)24)15(9-28(17)27-18)19(29)25-12(3)13-6-7-13/h4-5,8-9,12-13H,6-7H2,1-3H3,(H,25,29)(H,26,27,30)/t12-/m0/s1. The molecule has 2 aromatic heterocycles. The lowest BCUT2D eigenvalue weighted by molar-refractivity contribution is -0.136. The third-order valence-corrected chi connectivity index (χ3v) is 5.64. The lowest BCUT2D eigenvalue weighted by atomic mass is 10.1. The molecular weight excluding hydrogens is 397 g/mol. The minimum absolute atomic E-state index is 0.123. The second kappa shape index (κ2) is 7.00. The molecule has 1 atom stereocenters. The zero-order chi connectivity index (χ0) is 21.8. The lowest BCUT2D eigenvalue weighted by Crippen LogP contribution is -2.34. The molecule has 9 heteroatoms. The quantitative estimate of drug-likeness (QED) is 0.676. The summed E-state index contributed by atoms with van der Waals surface area (Å²) in [5.74, 6) is -0.463. The predicted molar refractivity (Wildman–Crippen MR) is 105 cm³/mol. The Morgan fingerprint density at radius 2 is 1.97 bits per heavy atom. The maximum absolute atomic E-state index is 13.8. The highest BCUT2D eigenvalue weighted by atomic mass is 19.4. The van der Waals surface area contributed by atoms with Crippen molar-refractivity contribution in [1.82, 2.24) is 19.9 Å². The van der Waals surface area contributed by atoms with Crippen LogP contribution in [0.15, 0.2) is 29.2 Å². The molecule has 0 unspecified atom stereocenters. The fourth-order valence-electron chi connectivity index (χ4n) is 3.57. The van der Waals surface area contributed by atoms with Crippen LogP contribution in [0.3, 0.4) is 0 Å². The summed E-state index contributed by atoms with van der Waals surface area (Å²) < 4.78 is 42.3. The van der Waals surface area contributed by atoms with Crippen molar-refractivity contribution in [3.63, 3.8) is 0 Å². The van der Waals surface area contributed by atoms with E-state index in [2.05, 4.69) is 15.4 Å². The van der Waals surface area contributed by atoms with E-state index in [9.17, 15) is 22.8 Å². The predicted octanol–water partition coefficient (Wildman–Crippen LogP) is 3.85. The number of benzene rings is 1. The van der Waals surface area contributed by atoms with Crippen molar-refractivity contribution in [3.05, 3.63) is 57.0 Å². The van der Waals surface area contributed by atoms with E-state index in [0.717, 1.165) is 34.7 Å². The summed E-state index contributed by atoms with van der Waals surface area (Å²) in [6, 6.07) is 5.12. The Hall–Kier alpha value is -3.10. The number of nitrogens with zero attached hydrogens (tertiary/aromatic N) is 2. The lowest BCUT2D eigenvalue weighted by Gasteiger charge is -2.13. The van der Waals surface area contributed by atoms with Gasteiger partial charge in [-0.3, -0.25) is 9.59 Å². The normalized spacial score (nSPS) is 15.4. The van der Waals surface area contributed by atoms with Crippen LogP contribution >= 0.6 is 0 Å². The van der Waals surface area contributed by atoms with Gasteiger partial charge >= 0.3 is 6.18 Å². The second-order valence-corrected chi connectivity index (χ2v) is 7.91. The average Bonchev–Trinajstić information content (AvgIpc) is 3.42. The van der Waals surface area contributed by atoms with E-state index in [4.69, 9.17) is 0 Å². The number of aromatic amines is 1. The smallest absolute Gasteiger partial charge is 0.349 e. The molecule has 1 aliphatic rings. The van der Waals surface area contributed by atoms with Crippen molar-refractivity contribution < 1.29 is 18.0 Å². The highest BCUT2D eigenvalue weighted by molar-refractivity contribution is 5.98. The number of carbonyl (C=O) groups excluding carboxylic acids is 1. The van der Waals surface area contributed by atoms with Gasteiger partial charge in [-0.15, -0.1) is 5.10 Å². The van der Waals surface area contributed by atoms with Gasteiger partial charge in [0.15, 0.2) is 5.82 Å². The number of H-pyrrole nitrogens is 1. The molecular formula is C21H21F3N4O2. The van der Waals surface area contributed by atoms with E-state index in [-0.39, 0.29) is 17.8 Å². The van der Waals surface area contributed by atoms with Crippen LogP contribution in [0.5, 0.6) is 0 Å². The van der Waals surface area contributed by atoms with E-state index in [1.807, 2.05) is 19.9 Å². The molecule has 3 aromatic rings. The van der Waals surface area contributed by atoms with Crippen LogP contribution in [0.2, 0.25) is 0 Å². The summed E-state index contributed by atoms with van der Waals surface area (Å²) in [6.45, 7) is 5.57. The van der Waals surface area contributed by atoms with Gasteiger partial charge in [-0.2, -0.15) is 13.2 Å². The van der Waals surface area contributed by atoms with E-state index < -0.39 is 34.3 Å². The number of nitrogens with one attached hydrogen (secondary N) is 2. The molecule has 1 saturated carbocycles. The third-order valence-electron chi connectivity index (χ3n) is 5.64. The third kappa shape index (κ3) is 3.59. The number of alkyl halides is 3. The van der Waals surface area contributed by atoms with Gasteiger partial charge in [-0.05, 0) is 56.7 Å². The fraction of sp³-hybridized carbons (Fsp3) is 0.381. The van der Waals surface area contributed by atoms with E-state index in [0.29, 0.717) is 5.56 Å². The van der Waals surface area contributed by atoms with E-state index in [1.165, 1.54) is 0 Å². The number of carbonyl (C=O) groups is 1. The van der Waals surface area contributed by atoms with Crippen LogP contribution < -0.4 is 10.9 Å². The first kappa shape index (κ1) is 20.2. The maximum atomic E-state index is 13.8.